The van der Waals surface area contributed by atoms with E-state index in [0.29, 0.717) is 12.5 Å². The molecule has 2 unspecified atom stereocenters. The van der Waals surface area contributed by atoms with Crippen molar-refractivity contribution in [3.05, 3.63) is 0 Å². The summed E-state index contributed by atoms with van der Waals surface area (Å²) >= 11 is 0. The maximum Gasteiger partial charge on any atom is 0.191 e. The fraction of sp³-hybridized carbons (Fsp3) is 0.929. The topological polar surface area (TPSA) is 73.8 Å². The van der Waals surface area contributed by atoms with Gasteiger partial charge in [0.25, 0.3) is 0 Å². The van der Waals surface area contributed by atoms with E-state index < -0.39 is 9.84 Å². The third-order valence-electron chi connectivity index (χ3n) is 3.94. The van der Waals surface area contributed by atoms with Gasteiger partial charge in [-0.2, -0.15) is 0 Å². The second-order valence-corrected chi connectivity index (χ2v) is 8.10. The van der Waals surface area contributed by atoms with Crippen molar-refractivity contribution in [3.8, 4) is 0 Å². The van der Waals surface area contributed by atoms with Crippen LogP contribution in [-0.4, -0.2) is 70.1 Å². The van der Waals surface area contributed by atoms with Gasteiger partial charge in [0.2, 0.25) is 0 Å². The van der Waals surface area contributed by atoms with E-state index in [9.17, 15) is 8.42 Å². The third kappa shape index (κ3) is 7.13. The summed E-state index contributed by atoms with van der Waals surface area (Å²) in [7, 11) is -1.16. The number of aliphatic imine (C=N–C) groups is 1. The van der Waals surface area contributed by atoms with E-state index >= 15 is 0 Å². The van der Waals surface area contributed by atoms with E-state index in [1.165, 1.54) is 25.6 Å². The van der Waals surface area contributed by atoms with Crippen LogP contribution in [0.3, 0.4) is 0 Å². The molecule has 2 atom stereocenters. The van der Waals surface area contributed by atoms with Gasteiger partial charge in [0.05, 0.1) is 5.75 Å². The van der Waals surface area contributed by atoms with E-state index in [1.807, 2.05) is 6.92 Å². The lowest BCUT2D eigenvalue weighted by Gasteiger charge is -2.25. The van der Waals surface area contributed by atoms with Gasteiger partial charge in [0.1, 0.15) is 9.84 Å². The highest BCUT2D eigenvalue weighted by Crippen LogP contribution is 2.15. The first kappa shape index (κ1) is 18.2. The Kier molecular flexibility index (Phi) is 7.45. The van der Waals surface area contributed by atoms with Crippen molar-refractivity contribution in [2.45, 2.75) is 45.2 Å². The Labute approximate surface area is 129 Å². The Bertz CT molecular complexity index is 436. The van der Waals surface area contributed by atoms with Crippen molar-refractivity contribution in [3.63, 3.8) is 0 Å². The van der Waals surface area contributed by atoms with E-state index in [0.717, 1.165) is 19.0 Å². The minimum absolute atomic E-state index is 0.0804. The fourth-order valence-corrected chi connectivity index (χ4v) is 3.43. The number of nitrogens with zero attached hydrogens (tertiary/aromatic N) is 2. The Balaban J connectivity index is 2.35. The number of sulfone groups is 1. The van der Waals surface area contributed by atoms with Gasteiger partial charge in [-0.1, -0.05) is 6.92 Å². The monoisotopic (exact) mass is 318 g/mol. The molecule has 1 saturated heterocycles. The lowest BCUT2D eigenvalue weighted by molar-refractivity contribution is 0.267. The Hall–Kier alpha value is -0.820. The minimum Gasteiger partial charge on any atom is -0.355 e. The first-order chi connectivity index (χ1) is 9.85. The smallest absolute Gasteiger partial charge is 0.191 e. The van der Waals surface area contributed by atoms with Crippen LogP contribution in [-0.2, 0) is 9.84 Å². The van der Waals surface area contributed by atoms with Crippen LogP contribution >= 0.6 is 0 Å². The van der Waals surface area contributed by atoms with E-state index in [1.54, 1.807) is 7.05 Å². The molecule has 0 aromatic heterocycles. The molecule has 1 fully saturated rings. The predicted molar refractivity (Wildman–Crippen MR) is 88.6 cm³/mol. The molecule has 0 bridgehead atoms. The molecular weight excluding hydrogens is 288 g/mol. The molecule has 1 heterocycles. The number of hydrogen-bond donors (Lipinski definition) is 2. The highest BCUT2D eigenvalue weighted by molar-refractivity contribution is 7.90. The van der Waals surface area contributed by atoms with E-state index in [2.05, 4.69) is 27.4 Å². The molecule has 7 heteroatoms. The van der Waals surface area contributed by atoms with Crippen molar-refractivity contribution < 1.29 is 8.42 Å². The average molecular weight is 318 g/mol. The van der Waals surface area contributed by atoms with Crippen molar-refractivity contribution >= 4 is 15.8 Å². The number of nitrogens with one attached hydrogen (secondary N) is 2. The molecule has 6 nitrogen and oxygen atoms in total. The summed E-state index contributed by atoms with van der Waals surface area (Å²) in [6.07, 6.45) is 4.34. The summed E-state index contributed by atoms with van der Waals surface area (Å²) in [6, 6.07) is 0.650. The lowest BCUT2D eigenvalue weighted by Crippen LogP contribution is -2.47. The van der Waals surface area contributed by atoms with E-state index in [-0.39, 0.29) is 11.8 Å². The molecule has 0 saturated carbocycles. The first-order valence-corrected chi connectivity index (χ1v) is 9.80. The average Bonchev–Trinajstić information content (AvgIpc) is 2.87. The normalized spacial score (nSPS) is 22.3. The summed E-state index contributed by atoms with van der Waals surface area (Å²) in [5.41, 5.74) is 0. The van der Waals surface area contributed by atoms with Crippen molar-refractivity contribution in [1.82, 2.24) is 15.5 Å². The van der Waals surface area contributed by atoms with Crippen LogP contribution in [0.2, 0.25) is 0 Å². The Morgan fingerprint density at radius 1 is 1.48 bits per heavy atom. The van der Waals surface area contributed by atoms with Gasteiger partial charge in [-0.15, -0.1) is 0 Å². The molecule has 0 aromatic rings. The Morgan fingerprint density at radius 2 is 2.19 bits per heavy atom. The molecule has 2 N–H and O–H groups in total. The summed E-state index contributed by atoms with van der Waals surface area (Å²) in [5.74, 6) is 0.948. The van der Waals surface area contributed by atoms with Gasteiger partial charge in [0.15, 0.2) is 5.96 Å². The minimum atomic E-state index is -2.90. The zero-order chi connectivity index (χ0) is 15.9. The molecule has 0 aromatic carbocycles. The maximum absolute atomic E-state index is 11.2. The highest BCUT2D eigenvalue weighted by atomic mass is 32.2. The largest absolute Gasteiger partial charge is 0.355 e. The second-order valence-electron chi connectivity index (χ2n) is 5.84. The molecule has 0 aliphatic carbocycles. The standard InChI is InChI=1S/C14H30N4O2S/c1-5-18-9-6-7-13(18)11-16-14(15-3)17-12(2)8-10-21(4,19)20/h12-13H,5-11H2,1-4H3,(H2,15,16,17). The van der Waals surface area contributed by atoms with Crippen molar-refractivity contribution in [2.24, 2.45) is 4.99 Å². The molecule has 1 aliphatic rings. The van der Waals surface area contributed by atoms with E-state index in [4.69, 9.17) is 0 Å². The summed E-state index contributed by atoms with van der Waals surface area (Å²) in [4.78, 5) is 6.69. The van der Waals surface area contributed by atoms with Crippen LogP contribution in [0.5, 0.6) is 0 Å². The molecule has 0 amide bonds. The van der Waals surface area contributed by atoms with Crippen molar-refractivity contribution in [1.29, 1.82) is 0 Å². The number of guanidine groups is 1. The van der Waals surface area contributed by atoms with Crippen LogP contribution < -0.4 is 10.6 Å². The zero-order valence-corrected chi connectivity index (χ0v) is 14.5. The van der Waals surface area contributed by atoms with Gasteiger partial charge in [0, 0.05) is 31.9 Å². The molecule has 0 spiro atoms. The number of likely N-dealkylation sites (tertiary alicyclic amines) is 1. The zero-order valence-electron chi connectivity index (χ0n) is 13.7. The van der Waals surface area contributed by atoms with Gasteiger partial charge in [-0.3, -0.25) is 9.89 Å². The molecule has 21 heavy (non-hydrogen) atoms. The van der Waals surface area contributed by atoms with Crippen LogP contribution in [0, 0.1) is 0 Å². The summed E-state index contributed by atoms with van der Waals surface area (Å²) in [5, 5.41) is 6.60. The first-order valence-electron chi connectivity index (χ1n) is 7.74. The Morgan fingerprint density at radius 3 is 2.76 bits per heavy atom. The lowest BCUT2D eigenvalue weighted by atomic mass is 10.2. The van der Waals surface area contributed by atoms with Crippen molar-refractivity contribution in [2.75, 3.05) is 38.7 Å². The van der Waals surface area contributed by atoms with Gasteiger partial charge >= 0.3 is 0 Å². The summed E-state index contributed by atoms with van der Waals surface area (Å²) < 4.78 is 22.4. The second kappa shape index (κ2) is 8.58. The highest BCUT2D eigenvalue weighted by Gasteiger charge is 2.22. The van der Waals surface area contributed by atoms with Gasteiger partial charge in [-0.25, -0.2) is 8.42 Å². The maximum atomic E-state index is 11.2. The predicted octanol–water partition coefficient (Wildman–Crippen LogP) is 0.459. The van der Waals surface area contributed by atoms with Crippen LogP contribution in [0.15, 0.2) is 4.99 Å². The molecule has 1 rings (SSSR count). The SMILES string of the molecule is CCN1CCCC1CNC(=NC)NC(C)CCS(C)(=O)=O. The molecule has 124 valence electrons. The molecule has 1 aliphatic heterocycles. The van der Waals surface area contributed by atoms with Gasteiger partial charge in [-0.05, 0) is 39.3 Å². The molecule has 0 radical (unpaired) electrons. The van der Waals surface area contributed by atoms with Crippen LogP contribution in [0.4, 0.5) is 0 Å². The third-order valence-corrected chi connectivity index (χ3v) is 4.92. The number of rotatable bonds is 7. The van der Waals surface area contributed by atoms with Crippen LogP contribution in [0.25, 0.3) is 0 Å². The fourth-order valence-electron chi connectivity index (χ4n) is 2.65. The van der Waals surface area contributed by atoms with Gasteiger partial charge < -0.3 is 10.6 Å². The van der Waals surface area contributed by atoms with Crippen LogP contribution in [0.1, 0.15) is 33.1 Å². The number of likely N-dealkylation sites (N-methyl/N-ethyl adjacent to an activating group) is 1. The molecular formula is C14H30N4O2S. The summed E-state index contributed by atoms with van der Waals surface area (Å²) in [6.45, 7) is 7.32. The quantitative estimate of drug-likeness (QED) is 0.527. The number of hydrogen-bond acceptors (Lipinski definition) is 4.